The summed E-state index contributed by atoms with van der Waals surface area (Å²) in [7, 11) is 4.13. The third kappa shape index (κ3) is 5.61. The van der Waals surface area contributed by atoms with Gasteiger partial charge < -0.3 is 15.0 Å². The van der Waals surface area contributed by atoms with Gasteiger partial charge >= 0.3 is 0 Å². The number of nitrogens with one attached hydrogen (secondary N) is 1. The summed E-state index contributed by atoms with van der Waals surface area (Å²) in [5, 5.41) is 3.32. The maximum atomic E-state index is 13.8. The van der Waals surface area contributed by atoms with Gasteiger partial charge in [-0.1, -0.05) is 18.2 Å². The van der Waals surface area contributed by atoms with E-state index >= 15 is 0 Å². The molecule has 31 heavy (non-hydrogen) atoms. The SMILES string of the molecule is CN(C)Cc1cc2c(cc1OCCCNc1ccccn1)CCc1ccc(F)cc1C2. The summed E-state index contributed by atoms with van der Waals surface area (Å²) in [4.78, 5) is 6.43. The third-order valence-corrected chi connectivity index (χ3v) is 5.63. The maximum Gasteiger partial charge on any atom is 0.125 e. The number of aryl methyl sites for hydroxylation is 2. The van der Waals surface area contributed by atoms with Crippen molar-refractivity contribution in [2.45, 2.75) is 32.2 Å². The largest absolute Gasteiger partial charge is 0.493 e. The minimum Gasteiger partial charge on any atom is -0.493 e. The zero-order valence-electron chi connectivity index (χ0n) is 18.3. The van der Waals surface area contributed by atoms with Crippen LogP contribution < -0.4 is 10.1 Å². The molecule has 4 rings (SSSR count). The van der Waals surface area contributed by atoms with Gasteiger partial charge in [-0.2, -0.15) is 0 Å². The molecular weight excluding hydrogens is 389 g/mol. The Morgan fingerprint density at radius 3 is 2.65 bits per heavy atom. The molecule has 0 fully saturated rings. The van der Waals surface area contributed by atoms with Crippen LogP contribution >= 0.6 is 0 Å². The smallest absolute Gasteiger partial charge is 0.125 e. The second kappa shape index (κ2) is 9.92. The number of fused-ring (bicyclic) bond motifs is 2. The summed E-state index contributed by atoms with van der Waals surface area (Å²) in [6.45, 7) is 2.27. The first kappa shape index (κ1) is 21.3. The number of halogens is 1. The fourth-order valence-electron chi connectivity index (χ4n) is 4.13. The minimum absolute atomic E-state index is 0.157. The predicted octanol–water partition coefficient (Wildman–Crippen LogP) is 4.85. The Kier molecular flexibility index (Phi) is 6.82. The second-order valence-electron chi connectivity index (χ2n) is 8.40. The molecule has 0 unspecified atom stereocenters. The first-order valence-electron chi connectivity index (χ1n) is 10.9. The molecular formula is C26H30FN3O. The van der Waals surface area contributed by atoms with Crippen molar-refractivity contribution in [2.24, 2.45) is 0 Å². The molecule has 0 amide bonds. The first-order valence-corrected chi connectivity index (χ1v) is 10.9. The second-order valence-corrected chi connectivity index (χ2v) is 8.40. The van der Waals surface area contributed by atoms with Crippen molar-refractivity contribution >= 4 is 5.82 Å². The molecule has 0 spiro atoms. The first-order chi connectivity index (χ1) is 15.1. The van der Waals surface area contributed by atoms with Crippen molar-refractivity contribution in [1.29, 1.82) is 0 Å². The van der Waals surface area contributed by atoms with Gasteiger partial charge in [-0.25, -0.2) is 9.37 Å². The van der Waals surface area contributed by atoms with E-state index in [2.05, 4.69) is 41.4 Å². The van der Waals surface area contributed by atoms with E-state index in [1.165, 1.54) is 22.3 Å². The molecule has 0 saturated carbocycles. The van der Waals surface area contributed by atoms with E-state index in [-0.39, 0.29) is 5.82 Å². The van der Waals surface area contributed by atoms with Crippen LogP contribution in [0.15, 0.2) is 54.7 Å². The zero-order chi connectivity index (χ0) is 21.6. The molecule has 1 aromatic heterocycles. The minimum atomic E-state index is -0.157. The lowest BCUT2D eigenvalue weighted by molar-refractivity contribution is 0.303. The Morgan fingerprint density at radius 1 is 1.00 bits per heavy atom. The van der Waals surface area contributed by atoms with Gasteiger partial charge in [-0.3, -0.25) is 0 Å². The quantitative estimate of drug-likeness (QED) is 0.530. The van der Waals surface area contributed by atoms with E-state index in [1.54, 1.807) is 18.3 Å². The van der Waals surface area contributed by atoms with Gasteiger partial charge in [-0.05, 0) is 92.4 Å². The summed E-state index contributed by atoms with van der Waals surface area (Å²) in [5.41, 5.74) is 6.12. The highest BCUT2D eigenvalue weighted by atomic mass is 19.1. The normalized spacial score (nSPS) is 12.8. The molecule has 0 bridgehead atoms. The lowest BCUT2D eigenvalue weighted by atomic mass is 9.97. The van der Waals surface area contributed by atoms with Gasteiger partial charge in [0.05, 0.1) is 6.61 Å². The Bertz CT molecular complexity index is 1020. The molecule has 0 aliphatic heterocycles. The molecule has 0 saturated heterocycles. The van der Waals surface area contributed by atoms with Crippen LogP contribution in [0.1, 0.15) is 34.2 Å². The topological polar surface area (TPSA) is 37.4 Å². The highest BCUT2D eigenvalue weighted by molar-refractivity contribution is 5.48. The van der Waals surface area contributed by atoms with Crippen LogP contribution in [0.5, 0.6) is 5.75 Å². The van der Waals surface area contributed by atoms with Crippen LogP contribution in [0.4, 0.5) is 10.2 Å². The lowest BCUT2D eigenvalue weighted by Gasteiger charge is -2.19. The lowest BCUT2D eigenvalue weighted by Crippen LogP contribution is -2.14. The number of hydrogen-bond acceptors (Lipinski definition) is 4. The van der Waals surface area contributed by atoms with Crippen LogP contribution in [0.2, 0.25) is 0 Å². The summed E-state index contributed by atoms with van der Waals surface area (Å²) < 4.78 is 20.0. The maximum absolute atomic E-state index is 13.8. The van der Waals surface area contributed by atoms with Crippen molar-refractivity contribution in [3.05, 3.63) is 88.4 Å². The number of benzene rings is 2. The van der Waals surface area contributed by atoms with Crippen LogP contribution in [-0.2, 0) is 25.8 Å². The molecule has 162 valence electrons. The Morgan fingerprint density at radius 2 is 1.84 bits per heavy atom. The van der Waals surface area contributed by atoms with E-state index in [9.17, 15) is 4.39 Å². The molecule has 4 nitrogen and oxygen atoms in total. The summed E-state index contributed by atoms with van der Waals surface area (Å²) in [6.07, 6.45) is 5.34. The number of nitrogens with zero attached hydrogens (tertiary/aromatic N) is 2. The summed E-state index contributed by atoms with van der Waals surface area (Å²) in [6, 6.07) is 15.5. The van der Waals surface area contributed by atoms with Crippen LogP contribution in [0, 0.1) is 5.82 Å². The van der Waals surface area contributed by atoms with Crippen LogP contribution in [0.25, 0.3) is 0 Å². The van der Waals surface area contributed by atoms with Gasteiger partial charge in [0.25, 0.3) is 0 Å². The van der Waals surface area contributed by atoms with Crippen molar-refractivity contribution in [1.82, 2.24) is 9.88 Å². The Labute approximate surface area is 184 Å². The highest BCUT2D eigenvalue weighted by Gasteiger charge is 2.17. The molecule has 3 aromatic rings. The number of rotatable bonds is 8. The Balaban J connectivity index is 1.46. The van der Waals surface area contributed by atoms with Crippen molar-refractivity contribution in [2.75, 3.05) is 32.6 Å². The third-order valence-electron chi connectivity index (χ3n) is 5.63. The van der Waals surface area contributed by atoms with Gasteiger partial charge in [0.2, 0.25) is 0 Å². The average molecular weight is 420 g/mol. The predicted molar refractivity (Wildman–Crippen MR) is 123 cm³/mol. The molecule has 5 heteroatoms. The molecule has 1 N–H and O–H groups in total. The highest BCUT2D eigenvalue weighted by Crippen LogP contribution is 2.31. The fraction of sp³-hybridized carbons (Fsp3) is 0.346. The van der Waals surface area contributed by atoms with E-state index in [1.807, 2.05) is 24.3 Å². The molecule has 2 aromatic carbocycles. The van der Waals surface area contributed by atoms with Crippen molar-refractivity contribution < 1.29 is 9.13 Å². The van der Waals surface area contributed by atoms with E-state index in [4.69, 9.17) is 4.74 Å². The standard InChI is InChI=1S/C26H30FN3O/c1-30(2)18-23-15-21-14-22-16-24(27)10-9-19(22)7-8-20(21)17-25(23)31-13-5-12-29-26-6-3-4-11-28-26/h3-4,6,9-11,15-17H,5,7-8,12-14,18H2,1-2H3,(H,28,29). The molecule has 1 heterocycles. The van der Waals surface area contributed by atoms with E-state index < -0.39 is 0 Å². The van der Waals surface area contributed by atoms with Gasteiger partial charge in [-0.15, -0.1) is 0 Å². The molecule has 1 aliphatic carbocycles. The molecule has 1 aliphatic rings. The van der Waals surface area contributed by atoms with Crippen molar-refractivity contribution in [3.63, 3.8) is 0 Å². The fourth-order valence-corrected chi connectivity index (χ4v) is 4.13. The molecule has 0 atom stereocenters. The van der Waals surface area contributed by atoms with Gasteiger partial charge in [0.1, 0.15) is 17.4 Å². The van der Waals surface area contributed by atoms with Crippen LogP contribution in [-0.4, -0.2) is 37.1 Å². The molecule has 0 radical (unpaired) electrons. The summed E-state index contributed by atoms with van der Waals surface area (Å²) in [5.74, 6) is 1.69. The van der Waals surface area contributed by atoms with Gasteiger partial charge in [0.15, 0.2) is 0 Å². The number of aromatic nitrogens is 1. The van der Waals surface area contributed by atoms with Gasteiger partial charge in [0, 0.05) is 24.8 Å². The van der Waals surface area contributed by atoms with Crippen molar-refractivity contribution in [3.8, 4) is 5.75 Å². The number of pyridine rings is 1. The average Bonchev–Trinajstić information content (AvgIpc) is 2.92. The monoisotopic (exact) mass is 419 g/mol. The van der Waals surface area contributed by atoms with E-state index in [0.717, 1.165) is 55.9 Å². The zero-order valence-corrected chi connectivity index (χ0v) is 18.3. The van der Waals surface area contributed by atoms with E-state index in [0.29, 0.717) is 6.61 Å². The van der Waals surface area contributed by atoms with Crippen LogP contribution in [0.3, 0.4) is 0 Å². The number of hydrogen-bond donors (Lipinski definition) is 1. The number of ether oxygens (including phenoxy) is 1. The number of anilines is 1. The summed E-state index contributed by atoms with van der Waals surface area (Å²) >= 11 is 0. The Hall–Kier alpha value is -2.92.